The molecule has 129 heavy (non-hydrogen) atoms. The Morgan fingerprint density at radius 1 is 0.186 bits per heavy atom. The van der Waals surface area contributed by atoms with Crippen molar-refractivity contribution in [1.29, 1.82) is 0 Å². The summed E-state index contributed by atoms with van der Waals surface area (Å²) in [6.45, 7) is 13.8. The van der Waals surface area contributed by atoms with Crippen molar-refractivity contribution in [2.24, 2.45) is 0 Å². The maximum atomic E-state index is 7.47. The van der Waals surface area contributed by atoms with E-state index in [0.29, 0.717) is 46.0 Å². The fourth-order valence-corrected chi connectivity index (χ4v) is 17.4. The molecule has 0 aliphatic rings. The smallest absolute Gasteiger partial charge is 0.143 e. The van der Waals surface area contributed by atoms with E-state index in [4.69, 9.17) is 23.4 Å². The van der Waals surface area contributed by atoms with Gasteiger partial charge in [-0.05, 0) is 191 Å². The molecule has 622 valence electrons. The van der Waals surface area contributed by atoms with Crippen LogP contribution in [0.1, 0.15) is 52.7 Å². The third kappa shape index (κ3) is 17.6. The van der Waals surface area contributed by atoms with Crippen LogP contribution in [0.4, 0.5) is 34.1 Å². The maximum absolute atomic E-state index is 7.47. The van der Waals surface area contributed by atoms with E-state index < -0.39 is 0 Å². The topological polar surface area (TPSA) is 56.5 Å². The van der Waals surface area contributed by atoms with Crippen LogP contribution in [-0.4, -0.2) is 0 Å². The van der Waals surface area contributed by atoms with E-state index in [-0.39, 0.29) is 10.8 Å². The number of fused-ring (bicyclic) bond motifs is 3. The Labute approximate surface area is 754 Å². The molecule has 0 N–H and O–H groups in total. The van der Waals surface area contributed by atoms with Gasteiger partial charge in [0, 0.05) is 86.4 Å². The molecule has 0 aliphatic heterocycles. The quantitative estimate of drug-likeness (QED) is 0.0632. The zero-order valence-corrected chi connectivity index (χ0v) is 72.8. The van der Waals surface area contributed by atoms with Crippen LogP contribution in [0.25, 0.3) is 122 Å². The second-order valence-electron chi connectivity index (χ2n) is 34.8. The van der Waals surface area contributed by atoms with Crippen molar-refractivity contribution in [3.63, 3.8) is 0 Å². The van der Waals surface area contributed by atoms with Gasteiger partial charge in [-0.3, -0.25) is 0 Å². The molecule has 0 unspecified atom stereocenters. The largest absolute Gasteiger partial charge is 0.457 e. The molecule has 19 aromatic carbocycles. The second-order valence-corrected chi connectivity index (χ2v) is 34.8. The lowest BCUT2D eigenvalue weighted by Gasteiger charge is -2.36. The van der Waals surface area contributed by atoms with Gasteiger partial charge < -0.3 is 33.2 Å². The van der Waals surface area contributed by atoms with Crippen LogP contribution in [0.15, 0.2) is 465 Å². The predicted octanol–water partition coefficient (Wildman–Crippen LogP) is 35.3. The lowest BCUT2D eigenvalue weighted by atomic mass is 9.81. The standard InChI is InChI=1S/C122H94N2O5/c1-121(2,3)96-72-113(87-46-23-11-24-47-87)118(114(73-96)88-48-25-12-26-49-88)123(100-77-106(125-102-58-33-54-91(68-102)83-38-15-7-16-39-83)81-107(78-100)126-103-59-34-55-92(69-103)84-40-17-8-18-41-84)98-66-95(110-63-37-64-112-111-62-31-32-65-117(111)129-120(110)112)67-99(76-98)124(119-115(89-50-27-13-28-51-89)74-97(122(4,5)6)75-116(119)90-52-29-14-30-53-90)101-79-108(127-104-60-35-56-93(70-104)85-42-19-9-20-43-85)82-109(80-101)128-105-61-36-57-94(71-105)86-44-21-10-22-45-86/h7-82H,1-6H3. The van der Waals surface area contributed by atoms with Crippen LogP contribution in [0.3, 0.4) is 0 Å². The molecule has 0 saturated heterocycles. The highest BCUT2D eigenvalue weighted by Crippen LogP contribution is 2.57. The molecule has 1 aromatic heterocycles. The van der Waals surface area contributed by atoms with Crippen LogP contribution < -0.4 is 28.7 Å². The van der Waals surface area contributed by atoms with Crippen molar-refractivity contribution in [2.75, 3.05) is 9.80 Å². The molecule has 1 heterocycles. The van der Waals surface area contributed by atoms with E-state index in [1.54, 1.807) is 0 Å². The number of anilines is 6. The highest BCUT2D eigenvalue weighted by atomic mass is 16.5. The zero-order chi connectivity index (χ0) is 87.4. The van der Waals surface area contributed by atoms with Gasteiger partial charge in [-0.2, -0.15) is 0 Å². The summed E-state index contributed by atoms with van der Waals surface area (Å²) in [6, 6.07) is 163. The number of furan rings is 1. The summed E-state index contributed by atoms with van der Waals surface area (Å²) in [7, 11) is 0. The lowest BCUT2D eigenvalue weighted by Crippen LogP contribution is -2.18. The Balaban J connectivity index is 0.938. The molecule has 7 heteroatoms. The first kappa shape index (κ1) is 81.1. The van der Waals surface area contributed by atoms with E-state index in [1.165, 1.54) is 0 Å². The summed E-state index contributed by atoms with van der Waals surface area (Å²) < 4.78 is 37.2. The molecule has 0 fully saturated rings. The van der Waals surface area contributed by atoms with E-state index in [0.717, 1.165) is 167 Å². The number of ether oxygens (including phenoxy) is 4. The van der Waals surface area contributed by atoms with Crippen LogP contribution in [0, 0.1) is 0 Å². The van der Waals surface area contributed by atoms with Crippen LogP contribution in [0.2, 0.25) is 0 Å². The first-order valence-electron chi connectivity index (χ1n) is 44.0. The molecule has 0 saturated carbocycles. The maximum Gasteiger partial charge on any atom is 0.143 e. The molecular weight excluding hydrogens is 1570 g/mol. The molecule has 0 bridgehead atoms. The Hall–Kier alpha value is -16.2. The molecule has 0 spiro atoms. The minimum Gasteiger partial charge on any atom is -0.457 e. The normalized spacial score (nSPS) is 11.5. The number of hydrogen-bond acceptors (Lipinski definition) is 7. The number of para-hydroxylation sites is 2. The Bertz CT molecular complexity index is 6700. The zero-order valence-electron chi connectivity index (χ0n) is 72.8. The van der Waals surface area contributed by atoms with E-state index >= 15 is 0 Å². The average Bonchev–Trinajstić information content (AvgIpc) is 0.918. The fraction of sp³-hybridized carbons (Fsp3) is 0.0656. The van der Waals surface area contributed by atoms with Crippen LogP contribution in [0.5, 0.6) is 46.0 Å². The summed E-state index contributed by atoms with van der Waals surface area (Å²) in [6.07, 6.45) is 0. The number of benzene rings is 19. The third-order valence-electron chi connectivity index (χ3n) is 23.8. The summed E-state index contributed by atoms with van der Waals surface area (Å²) in [5.74, 6) is 4.69. The van der Waals surface area contributed by atoms with E-state index in [2.05, 4.69) is 446 Å². The van der Waals surface area contributed by atoms with Gasteiger partial charge in [0.1, 0.15) is 57.2 Å². The molecule has 20 aromatic rings. The van der Waals surface area contributed by atoms with Gasteiger partial charge in [-0.15, -0.1) is 0 Å². The van der Waals surface area contributed by atoms with Crippen molar-refractivity contribution >= 4 is 56.1 Å². The molecule has 0 radical (unpaired) electrons. The number of rotatable bonds is 23. The van der Waals surface area contributed by atoms with Crippen molar-refractivity contribution in [3.05, 3.63) is 472 Å². The van der Waals surface area contributed by atoms with Gasteiger partial charge in [-0.1, -0.05) is 369 Å². The molecule has 0 aliphatic carbocycles. The van der Waals surface area contributed by atoms with Crippen molar-refractivity contribution in [2.45, 2.75) is 52.4 Å². The van der Waals surface area contributed by atoms with Gasteiger partial charge in [-0.25, -0.2) is 0 Å². The first-order valence-corrected chi connectivity index (χ1v) is 44.0. The summed E-state index contributed by atoms with van der Waals surface area (Å²) >= 11 is 0. The van der Waals surface area contributed by atoms with Crippen molar-refractivity contribution in [1.82, 2.24) is 0 Å². The van der Waals surface area contributed by atoms with Gasteiger partial charge >= 0.3 is 0 Å². The van der Waals surface area contributed by atoms with Crippen molar-refractivity contribution in [3.8, 4) is 146 Å². The Morgan fingerprint density at radius 3 is 0.744 bits per heavy atom. The summed E-state index contributed by atoms with van der Waals surface area (Å²) in [4.78, 5) is 4.90. The van der Waals surface area contributed by atoms with Gasteiger partial charge in [0.05, 0.1) is 22.7 Å². The predicted molar refractivity (Wildman–Crippen MR) is 535 cm³/mol. The van der Waals surface area contributed by atoms with Crippen LogP contribution >= 0.6 is 0 Å². The molecule has 7 nitrogen and oxygen atoms in total. The monoisotopic (exact) mass is 1670 g/mol. The van der Waals surface area contributed by atoms with E-state index in [1.807, 2.05) is 66.7 Å². The Kier molecular flexibility index (Phi) is 22.3. The fourth-order valence-electron chi connectivity index (χ4n) is 17.4. The minimum atomic E-state index is -0.335. The van der Waals surface area contributed by atoms with Gasteiger partial charge in [0.2, 0.25) is 0 Å². The number of nitrogens with zero attached hydrogens (tertiary/aromatic N) is 2. The Morgan fingerprint density at radius 2 is 0.442 bits per heavy atom. The van der Waals surface area contributed by atoms with Crippen LogP contribution in [-0.2, 0) is 10.8 Å². The van der Waals surface area contributed by atoms with Crippen molar-refractivity contribution < 1.29 is 23.4 Å². The van der Waals surface area contributed by atoms with E-state index in [9.17, 15) is 0 Å². The molecule has 0 atom stereocenters. The molecule has 0 amide bonds. The molecule has 20 rings (SSSR count). The highest BCUT2D eigenvalue weighted by Gasteiger charge is 2.33. The third-order valence-corrected chi connectivity index (χ3v) is 23.8. The number of hydrogen-bond donors (Lipinski definition) is 0. The van der Waals surface area contributed by atoms with Gasteiger partial charge in [0.25, 0.3) is 0 Å². The van der Waals surface area contributed by atoms with Gasteiger partial charge in [0.15, 0.2) is 0 Å². The minimum absolute atomic E-state index is 0.335. The SMILES string of the molecule is CC(C)(C)c1cc(-c2ccccc2)c(N(c2cc(Oc3cccc(-c4ccccc4)c3)cc(Oc3cccc(-c4ccccc4)c3)c2)c2cc(-c3cccc4c3oc3ccccc34)cc(N(c3cc(Oc4cccc(-c5ccccc5)c4)cc(Oc4cccc(-c5ccccc5)c4)c3)c3c(-c4ccccc4)cc(C(C)(C)C)cc3-c3ccccc3)c2)c(-c2ccccc2)c1. The molecular formula is C122H94N2O5. The summed E-state index contributed by atoms with van der Waals surface area (Å²) in [5.41, 5.74) is 25.9. The summed E-state index contributed by atoms with van der Waals surface area (Å²) in [5, 5.41) is 1.99. The first-order chi connectivity index (χ1) is 63.1. The highest BCUT2D eigenvalue weighted by molar-refractivity contribution is 6.11. The lowest BCUT2D eigenvalue weighted by molar-refractivity contribution is 0.460. The average molecular weight is 1670 g/mol. The second kappa shape index (κ2) is 35.4.